The molecule has 0 fully saturated rings. The van der Waals surface area contributed by atoms with Crippen molar-refractivity contribution in [3.8, 4) is 5.75 Å². The zero-order valence-corrected chi connectivity index (χ0v) is 16.6. The highest BCUT2D eigenvalue weighted by atomic mass is 35.5. The van der Waals surface area contributed by atoms with Gasteiger partial charge in [-0.05, 0) is 45.4 Å². The molecular weight excluding hydrogens is 342 g/mol. The zero-order valence-electron chi connectivity index (χ0n) is 15.9. The van der Waals surface area contributed by atoms with Crippen LogP contribution in [0.1, 0.15) is 47.0 Å². The first-order valence-electron chi connectivity index (χ1n) is 8.76. The normalized spacial score (nSPS) is 14.6. The quantitative estimate of drug-likeness (QED) is 0.613. The van der Waals surface area contributed by atoms with E-state index in [4.69, 9.17) is 25.8 Å². The molecule has 1 aromatic carbocycles. The van der Waals surface area contributed by atoms with Crippen LogP contribution in [0.5, 0.6) is 5.75 Å². The van der Waals surface area contributed by atoms with Gasteiger partial charge in [-0.25, -0.2) is 0 Å². The summed E-state index contributed by atoms with van der Waals surface area (Å²) >= 11 is 6.27. The fourth-order valence-corrected chi connectivity index (χ4v) is 2.73. The molecule has 0 unspecified atom stereocenters. The molecule has 2 atom stereocenters. The van der Waals surface area contributed by atoms with Crippen molar-refractivity contribution in [1.29, 1.82) is 0 Å². The molecule has 0 aliphatic rings. The van der Waals surface area contributed by atoms with E-state index in [-0.39, 0.29) is 12.0 Å². The Hall–Kier alpha value is -1.30. The minimum Gasteiger partial charge on any atom is -0.487 e. The van der Waals surface area contributed by atoms with Crippen molar-refractivity contribution in [2.45, 2.75) is 58.7 Å². The van der Waals surface area contributed by atoms with Gasteiger partial charge < -0.3 is 19.5 Å². The third-order valence-corrected chi connectivity index (χ3v) is 4.17. The molecule has 1 amide bonds. The molecule has 0 saturated heterocycles. The predicted molar refractivity (Wildman–Crippen MR) is 102 cm³/mol. The van der Waals surface area contributed by atoms with Gasteiger partial charge in [-0.15, -0.1) is 0 Å². The molecule has 1 aromatic rings. The summed E-state index contributed by atoms with van der Waals surface area (Å²) in [5.74, 6) is 0.392. The van der Waals surface area contributed by atoms with E-state index in [0.717, 1.165) is 12.8 Å². The van der Waals surface area contributed by atoms with Crippen molar-refractivity contribution in [2.24, 2.45) is 0 Å². The highest BCUT2D eigenvalue weighted by Crippen LogP contribution is 2.29. The number of halogens is 1. The Balaban J connectivity index is 2.81. The first kappa shape index (κ1) is 21.7. The lowest BCUT2D eigenvalue weighted by Gasteiger charge is -2.28. The SMILES string of the molecule is CCCC[C@](C)(OCC)C(=O)Nc1ccc(O[C@@H](C)COC)c(Cl)c1. The van der Waals surface area contributed by atoms with Crippen molar-refractivity contribution < 1.29 is 19.0 Å². The van der Waals surface area contributed by atoms with E-state index in [9.17, 15) is 4.79 Å². The van der Waals surface area contributed by atoms with Crippen LogP contribution in [0.2, 0.25) is 5.02 Å². The van der Waals surface area contributed by atoms with Gasteiger partial charge in [0.2, 0.25) is 0 Å². The molecule has 0 bridgehead atoms. The largest absolute Gasteiger partial charge is 0.487 e. The molecule has 0 heterocycles. The van der Waals surface area contributed by atoms with Gasteiger partial charge in [0, 0.05) is 19.4 Å². The van der Waals surface area contributed by atoms with Crippen LogP contribution in [0.15, 0.2) is 18.2 Å². The second-order valence-electron chi connectivity index (χ2n) is 6.25. The van der Waals surface area contributed by atoms with Crippen LogP contribution < -0.4 is 10.1 Å². The van der Waals surface area contributed by atoms with E-state index in [1.54, 1.807) is 25.3 Å². The third kappa shape index (κ3) is 6.84. The van der Waals surface area contributed by atoms with Crippen LogP contribution in [0.25, 0.3) is 0 Å². The van der Waals surface area contributed by atoms with Gasteiger partial charge in [-0.1, -0.05) is 31.4 Å². The van der Waals surface area contributed by atoms with Crippen molar-refractivity contribution >= 4 is 23.2 Å². The Morgan fingerprint density at radius 3 is 2.64 bits per heavy atom. The van der Waals surface area contributed by atoms with Crippen LogP contribution >= 0.6 is 11.6 Å². The number of anilines is 1. The molecule has 5 nitrogen and oxygen atoms in total. The maximum Gasteiger partial charge on any atom is 0.256 e. The van der Waals surface area contributed by atoms with Gasteiger partial charge in [-0.2, -0.15) is 0 Å². The Labute approximate surface area is 156 Å². The van der Waals surface area contributed by atoms with Crippen LogP contribution in [0.4, 0.5) is 5.69 Å². The summed E-state index contributed by atoms with van der Waals surface area (Å²) in [6, 6.07) is 5.19. The number of methoxy groups -OCH3 is 1. The Morgan fingerprint density at radius 2 is 2.08 bits per heavy atom. The summed E-state index contributed by atoms with van der Waals surface area (Å²) in [6.45, 7) is 8.66. The molecule has 1 rings (SSSR count). The van der Waals surface area contributed by atoms with Gasteiger partial charge in [-0.3, -0.25) is 4.79 Å². The number of carbonyl (C=O) groups excluding carboxylic acids is 1. The van der Waals surface area contributed by atoms with E-state index < -0.39 is 5.60 Å². The average Bonchev–Trinajstić information content (AvgIpc) is 2.56. The van der Waals surface area contributed by atoms with Gasteiger partial charge in [0.15, 0.2) is 0 Å². The highest BCUT2D eigenvalue weighted by Gasteiger charge is 2.33. The van der Waals surface area contributed by atoms with Crippen molar-refractivity contribution in [3.63, 3.8) is 0 Å². The Bertz CT molecular complexity index is 552. The Morgan fingerprint density at radius 1 is 1.36 bits per heavy atom. The summed E-state index contributed by atoms with van der Waals surface area (Å²) in [7, 11) is 1.62. The molecule has 0 spiro atoms. The molecule has 0 saturated carbocycles. The van der Waals surface area contributed by atoms with Gasteiger partial charge in [0.05, 0.1) is 11.6 Å². The molecule has 0 aliphatic carbocycles. The molecule has 0 radical (unpaired) electrons. The molecule has 142 valence electrons. The molecule has 6 heteroatoms. The number of ether oxygens (including phenoxy) is 3. The monoisotopic (exact) mass is 371 g/mol. The summed E-state index contributed by atoms with van der Waals surface area (Å²) in [5, 5.41) is 3.33. The number of rotatable bonds is 11. The third-order valence-electron chi connectivity index (χ3n) is 3.87. The first-order valence-corrected chi connectivity index (χ1v) is 9.14. The number of nitrogens with one attached hydrogen (secondary N) is 1. The number of carbonyl (C=O) groups is 1. The number of amides is 1. The first-order chi connectivity index (χ1) is 11.9. The van der Waals surface area contributed by atoms with Gasteiger partial charge >= 0.3 is 0 Å². The molecule has 1 N–H and O–H groups in total. The summed E-state index contributed by atoms with van der Waals surface area (Å²) in [5.41, 5.74) is -0.233. The fourth-order valence-electron chi connectivity index (χ4n) is 2.51. The van der Waals surface area contributed by atoms with Crippen molar-refractivity contribution in [1.82, 2.24) is 0 Å². The van der Waals surface area contributed by atoms with E-state index in [1.807, 2.05) is 20.8 Å². The topological polar surface area (TPSA) is 56.8 Å². The molecular formula is C19H30ClNO4. The van der Waals surface area contributed by atoms with Crippen LogP contribution in [0.3, 0.4) is 0 Å². The highest BCUT2D eigenvalue weighted by molar-refractivity contribution is 6.32. The standard InChI is InChI=1S/C19H30ClNO4/c1-6-8-11-19(4,24-7-2)18(22)21-15-9-10-17(16(20)12-15)25-14(3)13-23-5/h9-10,12,14H,6-8,11,13H2,1-5H3,(H,21,22)/t14-,19-/m0/s1. The van der Waals surface area contributed by atoms with E-state index >= 15 is 0 Å². The average molecular weight is 372 g/mol. The lowest BCUT2D eigenvalue weighted by Crippen LogP contribution is -2.42. The smallest absolute Gasteiger partial charge is 0.256 e. The molecule has 0 aromatic heterocycles. The summed E-state index contributed by atoms with van der Waals surface area (Å²) in [4.78, 5) is 12.7. The van der Waals surface area contributed by atoms with Crippen molar-refractivity contribution in [3.05, 3.63) is 23.2 Å². The van der Waals surface area contributed by atoms with Crippen LogP contribution in [-0.2, 0) is 14.3 Å². The Kier molecular flexibility index (Phi) is 9.25. The zero-order chi connectivity index (χ0) is 18.9. The molecule has 25 heavy (non-hydrogen) atoms. The van der Waals surface area contributed by atoms with E-state index in [1.165, 1.54) is 0 Å². The second-order valence-corrected chi connectivity index (χ2v) is 6.66. The van der Waals surface area contributed by atoms with Gasteiger partial charge in [0.1, 0.15) is 17.5 Å². The minimum absolute atomic E-state index is 0.113. The van der Waals surface area contributed by atoms with Crippen molar-refractivity contribution in [2.75, 3.05) is 25.6 Å². The summed E-state index contributed by atoms with van der Waals surface area (Å²) < 4.78 is 16.5. The lowest BCUT2D eigenvalue weighted by atomic mass is 9.97. The number of unbranched alkanes of at least 4 members (excludes halogenated alkanes) is 1. The van der Waals surface area contributed by atoms with Gasteiger partial charge in [0.25, 0.3) is 5.91 Å². The second kappa shape index (κ2) is 10.6. The number of hydrogen-bond donors (Lipinski definition) is 1. The van der Waals surface area contributed by atoms with E-state index in [0.29, 0.717) is 36.1 Å². The maximum absolute atomic E-state index is 12.7. The number of hydrogen-bond acceptors (Lipinski definition) is 4. The summed E-state index contributed by atoms with van der Waals surface area (Å²) in [6.07, 6.45) is 2.49. The number of benzene rings is 1. The maximum atomic E-state index is 12.7. The van der Waals surface area contributed by atoms with Crippen LogP contribution in [-0.4, -0.2) is 37.9 Å². The molecule has 0 aliphatic heterocycles. The predicted octanol–water partition coefficient (Wildman–Crippen LogP) is 4.68. The van der Waals surface area contributed by atoms with Crippen LogP contribution in [0, 0.1) is 0 Å². The lowest BCUT2D eigenvalue weighted by molar-refractivity contribution is -0.139. The minimum atomic E-state index is -0.848. The van der Waals surface area contributed by atoms with E-state index in [2.05, 4.69) is 12.2 Å². The fraction of sp³-hybridized carbons (Fsp3) is 0.632.